The average molecular weight is 253 g/mol. The Kier molecular flexibility index (Phi) is 6.94. The van der Waals surface area contributed by atoms with Crippen LogP contribution in [-0.4, -0.2) is 11.9 Å². The van der Waals surface area contributed by atoms with Crippen molar-refractivity contribution in [2.24, 2.45) is 0 Å². The summed E-state index contributed by atoms with van der Waals surface area (Å²) < 4.78 is 0. The van der Waals surface area contributed by atoms with Crippen molar-refractivity contribution in [1.82, 2.24) is 5.32 Å². The van der Waals surface area contributed by atoms with E-state index in [1.807, 2.05) is 17.5 Å². The van der Waals surface area contributed by atoms with Crippen LogP contribution in [0.2, 0.25) is 0 Å². The van der Waals surface area contributed by atoms with Crippen molar-refractivity contribution in [3.8, 4) is 0 Å². The highest BCUT2D eigenvalue weighted by Gasteiger charge is 2.08. The topological polar surface area (TPSA) is 29.1 Å². The van der Waals surface area contributed by atoms with Gasteiger partial charge in [0.05, 0.1) is 6.42 Å². The predicted octanol–water partition coefficient (Wildman–Crippen LogP) is 3.77. The van der Waals surface area contributed by atoms with Gasteiger partial charge in [0.25, 0.3) is 0 Å². The smallest absolute Gasteiger partial charge is 0.225 e. The zero-order chi connectivity index (χ0) is 12.5. The molecule has 1 N–H and O–H groups in total. The van der Waals surface area contributed by atoms with Gasteiger partial charge in [-0.2, -0.15) is 0 Å². The Bertz CT molecular complexity index is 308. The number of thiophene rings is 1. The number of carbonyl (C=O) groups is 1. The Morgan fingerprint density at radius 1 is 1.41 bits per heavy atom. The van der Waals surface area contributed by atoms with Crippen molar-refractivity contribution in [2.45, 2.75) is 58.4 Å². The molecule has 3 heteroatoms. The molecule has 1 aromatic rings. The second kappa shape index (κ2) is 8.29. The number of carbonyl (C=O) groups excluding carboxylic acids is 1. The molecule has 0 saturated carbocycles. The van der Waals surface area contributed by atoms with Crippen LogP contribution in [0.4, 0.5) is 0 Å². The first-order valence-corrected chi connectivity index (χ1v) is 7.42. The first-order valence-electron chi connectivity index (χ1n) is 6.54. The lowest BCUT2D eigenvalue weighted by molar-refractivity contribution is -0.121. The van der Waals surface area contributed by atoms with Crippen LogP contribution in [0.3, 0.4) is 0 Å². The van der Waals surface area contributed by atoms with Crippen molar-refractivity contribution in [1.29, 1.82) is 0 Å². The summed E-state index contributed by atoms with van der Waals surface area (Å²) in [5.74, 6) is 0.149. The lowest BCUT2D eigenvalue weighted by Gasteiger charge is -2.13. The predicted molar refractivity (Wildman–Crippen MR) is 74.4 cm³/mol. The molecular formula is C14H23NOS. The van der Waals surface area contributed by atoms with E-state index >= 15 is 0 Å². The Balaban J connectivity index is 2.13. The van der Waals surface area contributed by atoms with E-state index in [1.54, 1.807) is 11.3 Å². The van der Waals surface area contributed by atoms with Gasteiger partial charge >= 0.3 is 0 Å². The number of amides is 1. The van der Waals surface area contributed by atoms with Gasteiger partial charge in [-0.3, -0.25) is 4.79 Å². The zero-order valence-corrected chi connectivity index (χ0v) is 11.7. The molecule has 0 bridgehead atoms. The van der Waals surface area contributed by atoms with E-state index in [0.717, 1.165) is 11.3 Å². The molecule has 0 aliphatic heterocycles. The van der Waals surface area contributed by atoms with E-state index in [2.05, 4.69) is 19.2 Å². The van der Waals surface area contributed by atoms with Gasteiger partial charge in [0.1, 0.15) is 0 Å². The Labute approximate surface area is 108 Å². The molecule has 0 aliphatic carbocycles. The number of rotatable bonds is 8. The van der Waals surface area contributed by atoms with Gasteiger partial charge in [-0.1, -0.05) is 38.7 Å². The lowest BCUT2D eigenvalue weighted by Crippen LogP contribution is -2.33. The highest BCUT2D eigenvalue weighted by molar-refractivity contribution is 7.10. The SMILES string of the molecule is CCCCCC[C@H](C)NC(=O)Cc1cccs1. The minimum atomic E-state index is 0.149. The molecule has 0 spiro atoms. The molecule has 0 aromatic carbocycles. The molecule has 17 heavy (non-hydrogen) atoms. The first-order chi connectivity index (χ1) is 8.22. The van der Waals surface area contributed by atoms with Crippen LogP contribution in [0.25, 0.3) is 0 Å². The summed E-state index contributed by atoms with van der Waals surface area (Å²) in [5.41, 5.74) is 0. The van der Waals surface area contributed by atoms with Crippen molar-refractivity contribution >= 4 is 17.2 Å². The maximum absolute atomic E-state index is 11.7. The molecule has 1 amide bonds. The summed E-state index contributed by atoms with van der Waals surface area (Å²) in [6, 6.07) is 4.30. The lowest BCUT2D eigenvalue weighted by atomic mass is 10.1. The number of hydrogen-bond acceptors (Lipinski definition) is 2. The van der Waals surface area contributed by atoms with Crippen molar-refractivity contribution in [3.63, 3.8) is 0 Å². The van der Waals surface area contributed by atoms with Crippen LogP contribution < -0.4 is 5.32 Å². The highest BCUT2D eigenvalue weighted by atomic mass is 32.1. The van der Waals surface area contributed by atoms with Gasteiger partial charge in [0.2, 0.25) is 5.91 Å². The number of unbranched alkanes of at least 4 members (excludes halogenated alkanes) is 3. The molecule has 96 valence electrons. The van der Waals surface area contributed by atoms with E-state index < -0.39 is 0 Å². The third-order valence-corrected chi connectivity index (χ3v) is 3.69. The first kappa shape index (κ1) is 14.2. The fourth-order valence-electron chi connectivity index (χ4n) is 1.85. The van der Waals surface area contributed by atoms with Gasteiger partial charge in [-0.05, 0) is 24.8 Å². The van der Waals surface area contributed by atoms with Crippen LogP contribution in [0.15, 0.2) is 17.5 Å². The van der Waals surface area contributed by atoms with E-state index in [0.29, 0.717) is 12.5 Å². The molecule has 0 fully saturated rings. The average Bonchev–Trinajstić information content (AvgIpc) is 2.77. The third kappa shape index (κ3) is 6.47. The molecule has 1 aromatic heterocycles. The summed E-state index contributed by atoms with van der Waals surface area (Å²) in [6.45, 7) is 4.31. The van der Waals surface area contributed by atoms with E-state index in [-0.39, 0.29) is 5.91 Å². The van der Waals surface area contributed by atoms with Crippen LogP contribution in [0.1, 0.15) is 50.8 Å². The molecule has 0 radical (unpaired) electrons. The van der Waals surface area contributed by atoms with Crippen LogP contribution in [0.5, 0.6) is 0 Å². The highest BCUT2D eigenvalue weighted by Crippen LogP contribution is 2.10. The summed E-state index contributed by atoms with van der Waals surface area (Å²) >= 11 is 1.64. The van der Waals surface area contributed by atoms with Crippen molar-refractivity contribution < 1.29 is 4.79 Å². The second-order valence-corrected chi connectivity index (χ2v) is 5.61. The fourth-order valence-corrected chi connectivity index (χ4v) is 2.55. The molecule has 2 nitrogen and oxygen atoms in total. The molecule has 0 aliphatic rings. The summed E-state index contributed by atoms with van der Waals surface area (Å²) in [7, 11) is 0. The second-order valence-electron chi connectivity index (χ2n) is 4.57. The van der Waals surface area contributed by atoms with Gasteiger partial charge in [-0.15, -0.1) is 11.3 Å². The number of nitrogens with one attached hydrogen (secondary N) is 1. The van der Waals surface area contributed by atoms with E-state index in [1.165, 1.54) is 25.7 Å². The Morgan fingerprint density at radius 3 is 2.88 bits per heavy atom. The summed E-state index contributed by atoms with van der Waals surface area (Å²) in [6.07, 6.45) is 6.68. The minimum Gasteiger partial charge on any atom is -0.353 e. The van der Waals surface area contributed by atoms with E-state index in [9.17, 15) is 4.79 Å². The van der Waals surface area contributed by atoms with Crippen LogP contribution in [0, 0.1) is 0 Å². The van der Waals surface area contributed by atoms with Crippen molar-refractivity contribution in [3.05, 3.63) is 22.4 Å². The molecular weight excluding hydrogens is 230 g/mol. The molecule has 1 rings (SSSR count). The molecule has 1 atom stereocenters. The minimum absolute atomic E-state index is 0.149. The van der Waals surface area contributed by atoms with E-state index in [4.69, 9.17) is 0 Å². The maximum Gasteiger partial charge on any atom is 0.225 e. The monoisotopic (exact) mass is 253 g/mol. The molecule has 0 saturated heterocycles. The molecule has 1 heterocycles. The van der Waals surface area contributed by atoms with Gasteiger partial charge in [-0.25, -0.2) is 0 Å². The quantitative estimate of drug-likeness (QED) is 0.702. The Morgan fingerprint density at radius 2 is 2.24 bits per heavy atom. The standard InChI is InChI=1S/C14H23NOS/c1-3-4-5-6-8-12(2)15-14(16)11-13-9-7-10-17-13/h7,9-10,12H,3-6,8,11H2,1-2H3,(H,15,16)/t12-/m0/s1. The van der Waals surface area contributed by atoms with Crippen LogP contribution >= 0.6 is 11.3 Å². The summed E-state index contributed by atoms with van der Waals surface area (Å²) in [5, 5.41) is 5.07. The maximum atomic E-state index is 11.7. The van der Waals surface area contributed by atoms with Crippen LogP contribution in [-0.2, 0) is 11.2 Å². The van der Waals surface area contributed by atoms with Gasteiger partial charge in [0.15, 0.2) is 0 Å². The molecule has 0 unspecified atom stereocenters. The third-order valence-electron chi connectivity index (χ3n) is 2.81. The Hall–Kier alpha value is -0.830. The number of hydrogen-bond donors (Lipinski definition) is 1. The summed E-state index contributed by atoms with van der Waals surface area (Å²) in [4.78, 5) is 12.8. The fraction of sp³-hybridized carbons (Fsp3) is 0.643. The zero-order valence-electron chi connectivity index (χ0n) is 10.9. The van der Waals surface area contributed by atoms with Gasteiger partial charge < -0.3 is 5.32 Å². The van der Waals surface area contributed by atoms with Gasteiger partial charge in [0, 0.05) is 10.9 Å². The normalized spacial score (nSPS) is 12.4. The van der Waals surface area contributed by atoms with Crippen molar-refractivity contribution in [2.75, 3.05) is 0 Å². The largest absolute Gasteiger partial charge is 0.353 e.